The largest absolute Gasteiger partial charge is 0.338 e. The number of urea groups is 1. The maximum atomic E-state index is 11.5. The van der Waals surface area contributed by atoms with Gasteiger partial charge in [0.1, 0.15) is 0 Å². The Kier molecular flexibility index (Phi) is 5.21. The van der Waals surface area contributed by atoms with E-state index in [4.69, 9.17) is 5.73 Å². The Morgan fingerprint density at radius 3 is 2.88 bits per heavy atom. The molecule has 0 aromatic rings. The van der Waals surface area contributed by atoms with E-state index in [1.807, 2.05) is 4.90 Å². The Labute approximate surface area is 95.5 Å². The molecule has 0 radical (unpaired) electrons. The van der Waals surface area contributed by atoms with E-state index < -0.39 is 6.03 Å². The van der Waals surface area contributed by atoms with Gasteiger partial charge in [-0.2, -0.15) is 0 Å². The van der Waals surface area contributed by atoms with Crippen LogP contribution in [0.15, 0.2) is 0 Å². The number of hydrogen-bond acceptors (Lipinski definition) is 4. The highest BCUT2D eigenvalue weighted by Crippen LogP contribution is 2.14. The van der Waals surface area contributed by atoms with Gasteiger partial charge in [0.15, 0.2) is 0 Å². The van der Waals surface area contributed by atoms with Crippen molar-refractivity contribution < 1.29 is 9.59 Å². The van der Waals surface area contributed by atoms with Gasteiger partial charge < -0.3 is 11.1 Å². The van der Waals surface area contributed by atoms with Crippen LogP contribution in [0, 0.1) is 0 Å². The highest BCUT2D eigenvalue weighted by atomic mass is 16.2. The zero-order chi connectivity index (χ0) is 12.0. The molecule has 1 unspecified atom stereocenters. The van der Waals surface area contributed by atoms with E-state index in [0.29, 0.717) is 13.1 Å². The highest BCUT2D eigenvalue weighted by molar-refractivity contribution is 5.95. The van der Waals surface area contributed by atoms with Crippen molar-refractivity contribution in [2.45, 2.75) is 25.8 Å². The lowest BCUT2D eigenvalue weighted by Gasteiger charge is -2.21. The van der Waals surface area contributed by atoms with E-state index in [2.05, 4.69) is 10.6 Å². The number of likely N-dealkylation sites (tertiary alicyclic amines) is 1. The number of nitrogens with one attached hydrogen (secondary N) is 2. The van der Waals surface area contributed by atoms with E-state index >= 15 is 0 Å². The fourth-order valence-corrected chi connectivity index (χ4v) is 1.93. The second-order valence-corrected chi connectivity index (χ2v) is 3.91. The minimum atomic E-state index is -0.434. The molecule has 0 aliphatic carbocycles. The molecule has 0 bridgehead atoms. The molecule has 1 rings (SSSR count). The van der Waals surface area contributed by atoms with Gasteiger partial charge in [-0.25, -0.2) is 4.79 Å². The molecule has 0 spiro atoms. The number of amides is 3. The summed E-state index contributed by atoms with van der Waals surface area (Å²) in [7, 11) is 0. The molecule has 1 atom stereocenters. The van der Waals surface area contributed by atoms with Crippen LogP contribution in [0.25, 0.3) is 0 Å². The number of carbonyl (C=O) groups is 2. The Morgan fingerprint density at radius 1 is 1.50 bits per heavy atom. The molecule has 6 nitrogen and oxygen atoms in total. The van der Waals surface area contributed by atoms with Crippen molar-refractivity contribution in [1.82, 2.24) is 15.5 Å². The molecule has 1 saturated heterocycles. The van der Waals surface area contributed by atoms with Crippen LogP contribution in [0.1, 0.15) is 19.8 Å². The molecule has 16 heavy (non-hydrogen) atoms. The molecule has 0 aromatic heterocycles. The summed E-state index contributed by atoms with van der Waals surface area (Å²) in [6.07, 6.45) is 2.10. The van der Waals surface area contributed by atoms with Crippen molar-refractivity contribution in [3.63, 3.8) is 0 Å². The molecule has 1 heterocycles. The smallest absolute Gasteiger partial charge is 0.321 e. The zero-order valence-corrected chi connectivity index (χ0v) is 9.66. The summed E-state index contributed by atoms with van der Waals surface area (Å²) < 4.78 is 0. The molecular formula is C10H20N4O2. The van der Waals surface area contributed by atoms with Crippen LogP contribution >= 0.6 is 0 Å². The van der Waals surface area contributed by atoms with Crippen molar-refractivity contribution in [3.8, 4) is 0 Å². The summed E-state index contributed by atoms with van der Waals surface area (Å²) in [6.45, 7) is 4.00. The van der Waals surface area contributed by atoms with E-state index in [-0.39, 0.29) is 18.5 Å². The summed E-state index contributed by atoms with van der Waals surface area (Å²) in [5, 5.41) is 4.79. The van der Waals surface area contributed by atoms with Crippen LogP contribution in [0.3, 0.4) is 0 Å². The normalized spacial score (nSPS) is 20.8. The fourth-order valence-electron chi connectivity index (χ4n) is 1.93. The molecule has 1 fully saturated rings. The predicted octanol–water partition coefficient (Wildman–Crippen LogP) is -0.745. The second-order valence-electron chi connectivity index (χ2n) is 3.91. The third kappa shape index (κ3) is 3.79. The molecule has 0 saturated carbocycles. The van der Waals surface area contributed by atoms with Crippen molar-refractivity contribution in [3.05, 3.63) is 0 Å². The first-order valence-corrected chi connectivity index (χ1v) is 5.69. The van der Waals surface area contributed by atoms with Gasteiger partial charge in [-0.3, -0.25) is 15.0 Å². The number of hydrogen-bond donors (Lipinski definition) is 3. The fraction of sp³-hybridized carbons (Fsp3) is 0.800. The monoisotopic (exact) mass is 228 g/mol. The van der Waals surface area contributed by atoms with Crippen molar-refractivity contribution in [2.24, 2.45) is 5.73 Å². The topological polar surface area (TPSA) is 87.5 Å². The van der Waals surface area contributed by atoms with Gasteiger partial charge in [0.05, 0.1) is 6.54 Å². The third-order valence-corrected chi connectivity index (χ3v) is 2.71. The van der Waals surface area contributed by atoms with Gasteiger partial charge in [-0.1, -0.05) is 0 Å². The van der Waals surface area contributed by atoms with Crippen LogP contribution in [0.2, 0.25) is 0 Å². The van der Waals surface area contributed by atoms with Gasteiger partial charge in [0.2, 0.25) is 5.91 Å². The molecule has 0 aromatic carbocycles. The molecule has 3 amide bonds. The molecule has 1 aliphatic heterocycles. The van der Waals surface area contributed by atoms with Crippen LogP contribution in [-0.2, 0) is 4.79 Å². The lowest BCUT2D eigenvalue weighted by molar-refractivity contribution is -0.121. The van der Waals surface area contributed by atoms with Crippen LogP contribution in [-0.4, -0.2) is 49.1 Å². The highest BCUT2D eigenvalue weighted by Gasteiger charge is 2.25. The molecule has 92 valence electrons. The van der Waals surface area contributed by atoms with Crippen LogP contribution in [0.5, 0.6) is 0 Å². The summed E-state index contributed by atoms with van der Waals surface area (Å²) in [4.78, 5) is 24.6. The lowest BCUT2D eigenvalue weighted by atomic mass is 10.2. The average Bonchev–Trinajstić information content (AvgIpc) is 2.65. The first-order valence-electron chi connectivity index (χ1n) is 5.69. The maximum absolute atomic E-state index is 11.5. The maximum Gasteiger partial charge on any atom is 0.321 e. The number of rotatable bonds is 4. The molecule has 6 heteroatoms. The van der Waals surface area contributed by atoms with E-state index in [1.165, 1.54) is 0 Å². The zero-order valence-electron chi connectivity index (χ0n) is 9.66. The summed E-state index contributed by atoms with van der Waals surface area (Å²) in [5.41, 5.74) is 5.60. The Hall–Kier alpha value is -1.14. The lowest BCUT2D eigenvalue weighted by Crippen LogP contribution is -2.46. The van der Waals surface area contributed by atoms with E-state index in [1.54, 1.807) is 6.92 Å². The third-order valence-electron chi connectivity index (χ3n) is 2.71. The van der Waals surface area contributed by atoms with Gasteiger partial charge in [-0.15, -0.1) is 0 Å². The molecular weight excluding hydrogens is 208 g/mol. The summed E-state index contributed by atoms with van der Waals surface area (Å²) in [6, 6.07) is -0.156. The second kappa shape index (κ2) is 6.44. The summed E-state index contributed by atoms with van der Waals surface area (Å²) >= 11 is 0. The van der Waals surface area contributed by atoms with Crippen LogP contribution in [0.4, 0.5) is 4.79 Å². The van der Waals surface area contributed by atoms with E-state index in [0.717, 1.165) is 19.4 Å². The quantitative estimate of drug-likeness (QED) is 0.591. The predicted molar refractivity (Wildman–Crippen MR) is 60.9 cm³/mol. The van der Waals surface area contributed by atoms with Gasteiger partial charge in [0, 0.05) is 19.1 Å². The van der Waals surface area contributed by atoms with Crippen molar-refractivity contribution >= 4 is 11.9 Å². The van der Waals surface area contributed by atoms with Crippen LogP contribution < -0.4 is 16.4 Å². The minimum Gasteiger partial charge on any atom is -0.338 e. The van der Waals surface area contributed by atoms with Gasteiger partial charge in [-0.05, 0) is 26.3 Å². The van der Waals surface area contributed by atoms with Gasteiger partial charge >= 0.3 is 6.03 Å². The standard InChI is InChI=1S/C10H20N4O2/c1-2-12-10(16)13-9(15)7-14-5-3-4-8(14)6-11/h8H,2-7,11H2,1H3,(H2,12,13,15,16). The molecule has 1 aliphatic rings. The Balaban J connectivity index is 2.30. The first-order chi connectivity index (χ1) is 7.67. The SMILES string of the molecule is CCNC(=O)NC(=O)CN1CCCC1CN. The number of nitrogens with zero attached hydrogens (tertiary/aromatic N) is 1. The number of imide groups is 1. The number of nitrogens with two attached hydrogens (primary N) is 1. The Bertz CT molecular complexity index is 257. The van der Waals surface area contributed by atoms with Crippen molar-refractivity contribution in [2.75, 3.05) is 26.2 Å². The van der Waals surface area contributed by atoms with Gasteiger partial charge in [0.25, 0.3) is 0 Å². The Morgan fingerprint density at radius 2 is 2.25 bits per heavy atom. The first kappa shape index (κ1) is 12.9. The van der Waals surface area contributed by atoms with Crippen molar-refractivity contribution in [1.29, 1.82) is 0 Å². The summed E-state index contributed by atoms with van der Waals surface area (Å²) in [5.74, 6) is -0.272. The minimum absolute atomic E-state index is 0.249. The van der Waals surface area contributed by atoms with E-state index in [9.17, 15) is 9.59 Å². The number of carbonyl (C=O) groups excluding carboxylic acids is 2. The molecule has 4 N–H and O–H groups in total. The average molecular weight is 228 g/mol.